The molecule has 5 saturated carbocycles. The summed E-state index contributed by atoms with van der Waals surface area (Å²) in [4.78, 5) is 25.9. The fraction of sp³-hybridized carbons (Fsp3) is 0.667. The van der Waals surface area contributed by atoms with Gasteiger partial charge in [-0.2, -0.15) is 4.72 Å². The number of hydrogen-bond acceptors (Lipinski definition) is 4. The van der Waals surface area contributed by atoms with E-state index < -0.39 is 21.0 Å². The zero-order chi connectivity index (χ0) is 23.6. The van der Waals surface area contributed by atoms with Gasteiger partial charge < -0.3 is 5.73 Å². The van der Waals surface area contributed by atoms with E-state index in [0.717, 1.165) is 44.9 Å². The highest BCUT2D eigenvalue weighted by atomic mass is 35.5. The van der Waals surface area contributed by atoms with E-state index in [-0.39, 0.29) is 32.5 Å². The van der Waals surface area contributed by atoms with Crippen LogP contribution in [-0.2, 0) is 19.6 Å². The van der Waals surface area contributed by atoms with Crippen LogP contribution in [-0.4, -0.2) is 25.6 Å². The Morgan fingerprint density at radius 2 is 1.70 bits per heavy atom. The highest BCUT2D eigenvalue weighted by Crippen LogP contribution is 2.63. The molecule has 0 aromatic heterocycles. The van der Waals surface area contributed by atoms with Crippen molar-refractivity contribution in [2.75, 3.05) is 0 Å². The standard InChI is InChI=1S/C24H30Cl2N2O4S/c25-18-4-3-5-19(21(18)26)33(31,32)28-24(6-1-2-7-24)20(29)10-17-15-8-14-9-16(17)13-23(11-14,12-15)22(27)30/h3-5,14-17,28H,1-2,6-13H2,(H2,27,30). The van der Waals surface area contributed by atoms with Crippen molar-refractivity contribution in [1.82, 2.24) is 4.72 Å². The van der Waals surface area contributed by atoms with Gasteiger partial charge in [0.15, 0.2) is 5.78 Å². The van der Waals surface area contributed by atoms with Crippen LogP contribution in [0.4, 0.5) is 0 Å². The predicted molar refractivity (Wildman–Crippen MR) is 126 cm³/mol. The van der Waals surface area contributed by atoms with Crippen LogP contribution < -0.4 is 10.5 Å². The van der Waals surface area contributed by atoms with Crippen molar-refractivity contribution < 1.29 is 18.0 Å². The number of rotatable bonds is 7. The molecule has 1 aromatic carbocycles. The van der Waals surface area contributed by atoms with Gasteiger partial charge in [0, 0.05) is 11.8 Å². The molecule has 0 aliphatic heterocycles. The van der Waals surface area contributed by atoms with Crippen molar-refractivity contribution >= 4 is 44.9 Å². The number of carbonyl (C=O) groups excluding carboxylic acids is 2. The van der Waals surface area contributed by atoms with Crippen molar-refractivity contribution in [1.29, 1.82) is 0 Å². The van der Waals surface area contributed by atoms with Crippen LogP contribution in [0.25, 0.3) is 0 Å². The van der Waals surface area contributed by atoms with Gasteiger partial charge in [0.05, 0.1) is 15.6 Å². The number of carbonyl (C=O) groups is 2. The molecule has 0 saturated heterocycles. The first-order chi connectivity index (χ1) is 15.6. The van der Waals surface area contributed by atoms with Gasteiger partial charge in [0.1, 0.15) is 4.90 Å². The van der Waals surface area contributed by atoms with Gasteiger partial charge in [-0.3, -0.25) is 9.59 Å². The molecular weight excluding hydrogens is 483 g/mol. The Kier molecular flexibility index (Phi) is 5.87. The molecule has 0 spiro atoms. The third-order valence-corrected chi connectivity index (χ3v) is 11.4. The third kappa shape index (κ3) is 3.93. The lowest BCUT2D eigenvalue weighted by Crippen LogP contribution is -2.58. The molecule has 5 fully saturated rings. The number of benzene rings is 1. The van der Waals surface area contributed by atoms with Gasteiger partial charge in [0.2, 0.25) is 15.9 Å². The second kappa shape index (κ2) is 8.21. The first-order valence-corrected chi connectivity index (χ1v) is 14.1. The lowest BCUT2D eigenvalue weighted by atomic mass is 9.45. The Hall–Kier alpha value is -1.15. The number of nitrogens with one attached hydrogen (secondary N) is 1. The average Bonchev–Trinajstić information content (AvgIpc) is 3.21. The fourth-order valence-corrected chi connectivity index (χ4v) is 9.80. The molecule has 33 heavy (non-hydrogen) atoms. The third-order valence-electron chi connectivity index (χ3n) is 8.94. The molecule has 6 nitrogen and oxygen atoms in total. The SMILES string of the molecule is NC(=O)C12CC3CC(C1)C(CC(=O)C1(NS(=O)(=O)c4cccc(Cl)c4Cl)CCCC1)C(C3)C2. The monoisotopic (exact) mass is 512 g/mol. The summed E-state index contributed by atoms with van der Waals surface area (Å²) in [6.45, 7) is 0. The summed E-state index contributed by atoms with van der Waals surface area (Å²) in [5, 5.41) is 0.119. The summed E-state index contributed by atoms with van der Waals surface area (Å²) in [6.07, 6.45) is 7.42. The van der Waals surface area contributed by atoms with Gasteiger partial charge >= 0.3 is 0 Å². The predicted octanol–water partition coefficient (Wildman–Crippen LogP) is 4.47. The lowest BCUT2D eigenvalue weighted by molar-refractivity contribution is -0.152. The molecule has 4 bridgehead atoms. The first kappa shape index (κ1) is 23.6. The molecule has 1 amide bonds. The lowest BCUT2D eigenvalue weighted by Gasteiger charge is -2.59. The second-order valence-corrected chi connectivity index (χ2v) is 13.3. The van der Waals surface area contributed by atoms with E-state index in [1.165, 1.54) is 18.2 Å². The number of sulfonamides is 1. The van der Waals surface area contributed by atoms with Gasteiger partial charge in [-0.05, 0) is 80.8 Å². The minimum Gasteiger partial charge on any atom is -0.369 e. The van der Waals surface area contributed by atoms with Gasteiger partial charge in [-0.25, -0.2) is 8.42 Å². The maximum atomic E-state index is 13.8. The molecule has 6 rings (SSSR count). The highest BCUT2D eigenvalue weighted by Gasteiger charge is 2.58. The highest BCUT2D eigenvalue weighted by molar-refractivity contribution is 7.89. The number of hydrogen-bond donors (Lipinski definition) is 2. The van der Waals surface area contributed by atoms with Crippen LogP contribution in [0, 0.1) is 29.1 Å². The van der Waals surface area contributed by atoms with E-state index >= 15 is 0 Å². The average molecular weight is 513 g/mol. The van der Waals surface area contributed by atoms with Crippen LogP contribution in [0.15, 0.2) is 23.1 Å². The van der Waals surface area contributed by atoms with E-state index in [9.17, 15) is 18.0 Å². The summed E-state index contributed by atoms with van der Waals surface area (Å²) in [5.41, 5.74) is 4.30. The molecular formula is C24H30Cl2N2O4S. The number of nitrogens with two attached hydrogens (primary N) is 1. The summed E-state index contributed by atoms with van der Waals surface area (Å²) in [7, 11) is -4.03. The first-order valence-electron chi connectivity index (χ1n) is 11.9. The largest absolute Gasteiger partial charge is 0.369 e. The maximum Gasteiger partial charge on any atom is 0.243 e. The number of Topliss-reactive ketones (excluding diaryl/α,β-unsaturated/α-hetero) is 1. The molecule has 180 valence electrons. The Morgan fingerprint density at radius 1 is 1.06 bits per heavy atom. The van der Waals surface area contributed by atoms with Crippen molar-refractivity contribution in [3.63, 3.8) is 0 Å². The molecule has 3 N–H and O–H groups in total. The zero-order valence-corrected chi connectivity index (χ0v) is 20.8. The van der Waals surface area contributed by atoms with Crippen LogP contribution in [0.2, 0.25) is 10.0 Å². The minimum absolute atomic E-state index is 0.0349. The number of primary amides is 1. The van der Waals surface area contributed by atoms with Gasteiger partial charge in [-0.15, -0.1) is 0 Å². The number of amides is 1. The molecule has 2 unspecified atom stereocenters. The van der Waals surface area contributed by atoms with Gasteiger partial charge in [-0.1, -0.05) is 42.1 Å². The number of ketones is 1. The van der Waals surface area contributed by atoms with E-state index in [0.29, 0.717) is 37.0 Å². The Bertz CT molecular complexity index is 1080. The molecule has 1 aromatic rings. The number of halogens is 2. The molecule has 5 aliphatic carbocycles. The summed E-state index contributed by atoms with van der Waals surface area (Å²) < 4.78 is 29.3. The van der Waals surface area contributed by atoms with E-state index in [2.05, 4.69) is 4.72 Å². The normalized spacial score (nSPS) is 34.5. The Balaban J connectivity index is 1.38. The molecule has 2 atom stereocenters. The Labute approximate surface area is 205 Å². The van der Waals surface area contributed by atoms with E-state index in [1.807, 2.05) is 0 Å². The van der Waals surface area contributed by atoms with Crippen LogP contribution >= 0.6 is 23.2 Å². The van der Waals surface area contributed by atoms with E-state index in [1.54, 1.807) is 0 Å². The van der Waals surface area contributed by atoms with Crippen LogP contribution in [0.1, 0.15) is 64.2 Å². The molecule has 0 radical (unpaired) electrons. The topological polar surface area (TPSA) is 106 Å². The zero-order valence-electron chi connectivity index (χ0n) is 18.5. The van der Waals surface area contributed by atoms with Crippen molar-refractivity contribution in [2.24, 2.45) is 34.8 Å². The van der Waals surface area contributed by atoms with E-state index in [4.69, 9.17) is 28.9 Å². The molecule has 0 heterocycles. The quantitative estimate of drug-likeness (QED) is 0.561. The maximum absolute atomic E-state index is 13.8. The summed E-state index contributed by atoms with van der Waals surface area (Å²) in [6, 6.07) is 4.48. The fourth-order valence-electron chi connectivity index (χ4n) is 7.59. The van der Waals surface area contributed by atoms with Crippen molar-refractivity contribution in [3.05, 3.63) is 28.2 Å². The van der Waals surface area contributed by atoms with Gasteiger partial charge in [0.25, 0.3) is 0 Å². The molecule has 9 heteroatoms. The Morgan fingerprint density at radius 3 is 2.30 bits per heavy atom. The van der Waals surface area contributed by atoms with Crippen molar-refractivity contribution in [2.45, 2.75) is 74.6 Å². The second-order valence-electron chi connectivity index (χ2n) is 10.9. The minimum atomic E-state index is -4.03. The van der Waals surface area contributed by atoms with Crippen LogP contribution in [0.5, 0.6) is 0 Å². The molecule has 5 aliphatic rings. The summed E-state index contributed by atoms with van der Waals surface area (Å²) in [5.74, 6) is 1.11. The smallest absolute Gasteiger partial charge is 0.243 e. The van der Waals surface area contributed by atoms with Crippen LogP contribution in [0.3, 0.4) is 0 Å². The summed E-state index contributed by atoms with van der Waals surface area (Å²) >= 11 is 12.2. The van der Waals surface area contributed by atoms with Crippen molar-refractivity contribution in [3.8, 4) is 0 Å².